The summed E-state index contributed by atoms with van der Waals surface area (Å²) in [5.41, 5.74) is 4.40. The van der Waals surface area contributed by atoms with Crippen LogP contribution in [0.3, 0.4) is 0 Å². The highest BCUT2D eigenvalue weighted by Gasteiger charge is 2.14. The molecule has 0 bridgehead atoms. The van der Waals surface area contributed by atoms with E-state index in [1.165, 1.54) is 18.2 Å². The molecule has 1 aromatic carbocycles. The average Bonchev–Trinajstić information content (AvgIpc) is 2.95. The minimum absolute atomic E-state index is 0.0147. The van der Waals surface area contributed by atoms with E-state index in [4.69, 9.17) is 5.73 Å². The molecule has 0 fully saturated rings. The van der Waals surface area contributed by atoms with Gasteiger partial charge in [0.05, 0.1) is 4.92 Å². The Hall–Kier alpha value is -3.70. The van der Waals surface area contributed by atoms with Crippen LogP contribution in [0.2, 0.25) is 0 Å². The molecule has 0 aliphatic rings. The number of fused-ring (bicyclic) bond motifs is 1. The highest BCUT2D eigenvalue weighted by Crippen LogP contribution is 2.28. The lowest BCUT2D eigenvalue weighted by Gasteiger charge is -1.98. The molecule has 0 amide bonds. The number of nitrogen functional groups attached to an aromatic ring is 1. The van der Waals surface area contributed by atoms with Crippen molar-refractivity contribution >= 4 is 28.7 Å². The summed E-state index contributed by atoms with van der Waals surface area (Å²) in [5.74, 6) is -0.228. The van der Waals surface area contributed by atoms with Crippen molar-refractivity contribution < 1.29 is 4.92 Å². The zero-order valence-electron chi connectivity index (χ0n) is 10.7. The van der Waals surface area contributed by atoms with Crippen molar-refractivity contribution in [3.8, 4) is 0 Å². The number of nitro groups is 1. The van der Waals surface area contributed by atoms with Gasteiger partial charge in [0.2, 0.25) is 0 Å². The van der Waals surface area contributed by atoms with Gasteiger partial charge in [-0.2, -0.15) is 14.7 Å². The van der Waals surface area contributed by atoms with Gasteiger partial charge in [0, 0.05) is 6.07 Å². The van der Waals surface area contributed by atoms with E-state index in [0.717, 1.165) is 4.52 Å². The first-order chi connectivity index (χ1) is 10.6. The molecule has 3 rings (SSSR count). The van der Waals surface area contributed by atoms with E-state index in [1.54, 1.807) is 6.07 Å². The number of hydrogen-bond acceptors (Lipinski definition) is 9. The van der Waals surface area contributed by atoms with Crippen molar-refractivity contribution in [2.45, 2.75) is 0 Å². The number of azo groups is 1. The summed E-state index contributed by atoms with van der Waals surface area (Å²) in [6.45, 7) is 0. The maximum Gasteiger partial charge on any atom is 0.305 e. The molecule has 0 radical (unpaired) electrons. The molecule has 0 aliphatic carbocycles. The Morgan fingerprint density at radius 2 is 2.09 bits per heavy atom. The van der Waals surface area contributed by atoms with Gasteiger partial charge in [0.1, 0.15) is 0 Å². The van der Waals surface area contributed by atoms with Gasteiger partial charge in [0.25, 0.3) is 11.5 Å². The molecule has 0 unspecified atom stereocenters. The normalized spacial score (nSPS) is 11.3. The number of nitrogens with two attached hydrogens (primary N) is 1. The number of para-hydroxylation sites is 1. The third kappa shape index (κ3) is 2.13. The van der Waals surface area contributed by atoms with E-state index in [1.807, 2.05) is 0 Å². The Bertz CT molecular complexity index is 958. The Balaban J connectivity index is 2.11. The summed E-state index contributed by atoms with van der Waals surface area (Å²) in [6.07, 6.45) is 0. The van der Waals surface area contributed by atoms with E-state index >= 15 is 0 Å². The Morgan fingerprint density at radius 3 is 2.86 bits per heavy atom. The lowest BCUT2D eigenvalue weighted by molar-refractivity contribution is -0.384. The second-order valence-corrected chi connectivity index (χ2v) is 4.03. The maximum absolute atomic E-state index is 12.1. The number of aromatic amines is 1. The molecule has 0 aliphatic heterocycles. The van der Waals surface area contributed by atoms with Crippen LogP contribution in [0.25, 0.3) is 5.78 Å². The number of aromatic nitrogens is 5. The molecule has 22 heavy (non-hydrogen) atoms. The van der Waals surface area contributed by atoms with Crippen LogP contribution in [0.1, 0.15) is 0 Å². The molecular formula is C10H7N9O3. The van der Waals surface area contributed by atoms with Crippen LogP contribution in [0.15, 0.2) is 39.3 Å². The molecular weight excluding hydrogens is 294 g/mol. The van der Waals surface area contributed by atoms with Gasteiger partial charge in [-0.15, -0.1) is 10.2 Å². The largest absolute Gasteiger partial charge is 0.382 e. The second-order valence-electron chi connectivity index (χ2n) is 4.03. The summed E-state index contributed by atoms with van der Waals surface area (Å²) in [7, 11) is 0. The third-order valence-electron chi connectivity index (χ3n) is 2.69. The molecule has 2 heterocycles. The summed E-state index contributed by atoms with van der Waals surface area (Å²) < 4.78 is 0.921. The standard InChI is InChI=1S/C10H7N9O3/c11-8-7(9(20)18-10(12-8)15-16-17-18)14-13-5-3-1-2-4-6(5)19(21)22/h1-4H,11H2,(H,12,15,17). The average molecular weight is 301 g/mol. The first kappa shape index (κ1) is 13.3. The van der Waals surface area contributed by atoms with Crippen LogP contribution in [0, 0.1) is 10.1 Å². The summed E-state index contributed by atoms with van der Waals surface area (Å²) in [5, 5.41) is 27.5. The van der Waals surface area contributed by atoms with Crippen LogP contribution in [-0.4, -0.2) is 29.9 Å². The first-order valence-corrected chi connectivity index (χ1v) is 5.82. The van der Waals surface area contributed by atoms with Gasteiger partial charge in [-0.05, 0) is 11.3 Å². The second kappa shape index (κ2) is 5.01. The first-order valence-electron chi connectivity index (χ1n) is 5.82. The van der Waals surface area contributed by atoms with E-state index in [9.17, 15) is 14.9 Å². The van der Waals surface area contributed by atoms with Crippen molar-refractivity contribution in [1.29, 1.82) is 0 Å². The molecule has 0 atom stereocenters. The Kier molecular flexibility index (Phi) is 3.02. The zero-order chi connectivity index (χ0) is 15.7. The number of tetrazole rings is 1. The van der Waals surface area contributed by atoms with Crippen molar-refractivity contribution in [2.24, 2.45) is 10.2 Å². The summed E-state index contributed by atoms with van der Waals surface area (Å²) in [6, 6.07) is 5.70. The van der Waals surface area contributed by atoms with Crippen LogP contribution in [0.4, 0.5) is 22.9 Å². The highest BCUT2D eigenvalue weighted by molar-refractivity contribution is 5.60. The smallest absolute Gasteiger partial charge is 0.305 e. The maximum atomic E-state index is 12.1. The van der Waals surface area contributed by atoms with Gasteiger partial charge >= 0.3 is 5.56 Å². The number of hydrogen-bond donors (Lipinski definition) is 2. The summed E-state index contributed by atoms with van der Waals surface area (Å²) >= 11 is 0. The van der Waals surface area contributed by atoms with Gasteiger partial charge in [-0.1, -0.05) is 17.2 Å². The number of nitrogens with zero attached hydrogens (tertiary/aromatic N) is 7. The quantitative estimate of drug-likeness (QED) is 0.407. The van der Waals surface area contributed by atoms with Crippen LogP contribution < -0.4 is 11.3 Å². The molecule has 2 aromatic heterocycles. The van der Waals surface area contributed by atoms with Gasteiger partial charge in [-0.25, -0.2) is 0 Å². The molecule has 110 valence electrons. The lowest BCUT2D eigenvalue weighted by atomic mass is 10.3. The Morgan fingerprint density at radius 1 is 1.32 bits per heavy atom. The SMILES string of the molecule is Nc1nc2nn[nH]n2c(=O)c1N=Nc1ccccc1[N+](=O)[O-]. The summed E-state index contributed by atoms with van der Waals surface area (Å²) in [4.78, 5) is 26.2. The van der Waals surface area contributed by atoms with Gasteiger partial charge in [-0.3, -0.25) is 14.9 Å². The van der Waals surface area contributed by atoms with E-state index in [0.29, 0.717) is 0 Å². The lowest BCUT2D eigenvalue weighted by Crippen LogP contribution is -2.16. The molecule has 0 saturated carbocycles. The monoisotopic (exact) mass is 301 g/mol. The number of nitro benzene ring substituents is 1. The van der Waals surface area contributed by atoms with Crippen LogP contribution in [0.5, 0.6) is 0 Å². The van der Waals surface area contributed by atoms with Crippen molar-refractivity contribution in [1.82, 2.24) is 25.0 Å². The number of anilines is 1. The molecule has 0 saturated heterocycles. The van der Waals surface area contributed by atoms with E-state index in [2.05, 4.69) is 30.7 Å². The third-order valence-corrected chi connectivity index (χ3v) is 2.69. The fourth-order valence-electron chi connectivity index (χ4n) is 1.69. The molecule has 3 aromatic rings. The van der Waals surface area contributed by atoms with Crippen molar-refractivity contribution in [2.75, 3.05) is 5.73 Å². The number of rotatable bonds is 3. The zero-order valence-corrected chi connectivity index (χ0v) is 10.7. The van der Waals surface area contributed by atoms with Gasteiger partial charge < -0.3 is 5.73 Å². The van der Waals surface area contributed by atoms with E-state index in [-0.39, 0.29) is 28.7 Å². The minimum atomic E-state index is -0.671. The highest BCUT2D eigenvalue weighted by atomic mass is 16.6. The molecule has 12 nitrogen and oxygen atoms in total. The number of H-pyrrole nitrogens is 1. The molecule has 3 N–H and O–H groups in total. The molecule has 0 spiro atoms. The predicted octanol–water partition coefficient (Wildman–Crippen LogP) is 0.718. The topological polar surface area (TPSA) is 170 Å². The van der Waals surface area contributed by atoms with Gasteiger partial charge in [0.15, 0.2) is 17.2 Å². The van der Waals surface area contributed by atoms with Crippen molar-refractivity contribution in [3.63, 3.8) is 0 Å². The van der Waals surface area contributed by atoms with E-state index < -0.39 is 10.5 Å². The fraction of sp³-hybridized carbons (Fsp3) is 0. The van der Waals surface area contributed by atoms with Crippen molar-refractivity contribution in [3.05, 3.63) is 44.7 Å². The fourth-order valence-corrected chi connectivity index (χ4v) is 1.69. The Labute approximate surface area is 120 Å². The molecule has 12 heteroatoms. The number of benzene rings is 1. The van der Waals surface area contributed by atoms with Crippen LogP contribution in [-0.2, 0) is 0 Å². The number of nitrogens with one attached hydrogen (secondary N) is 1. The predicted molar refractivity (Wildman–Crippen MR) is 73.1 cm³/mol. The van der Waals surface area contributed by atoms with Crippen LogP contribution >= 0.6 is 0 Å². The minimum Gasteiger partial charge on any atom is -0.382 e.